The molecule has 0 aromatic heterocycles. The average Bonchev–Trinajstić information content (AvgIpc) is 3.11. The Balaban J connectivity index is 1.67. The molecule has 1 saturated heterocycles. The minimum Gasteiger partial charge on any atom is -0.480 e. The fourth-order valence-corrected chi connectivity index (χ4v) is 3.18. The van der Waals surface area contributed by atoms with Gasteiger partial charge in [-0.05, 0) is 43.7 Å². The summed E-state index contributed by atoms with van der Waals surface area (Å²) in [6.45, 7) is 0.548. The van der Waals surface area contributed by atoms with Crippen LogP contribution in [0.5, 0.6) is 0 Å². The highest BCUT2D eigenvalue weighted by Crippen LogP contribution is 2.19. The predicted molar refractivity (Wildman–Crippen MR) is 102 cm³/mol. The number of aliphatic carboxylic acids is 1. The molecule has 3 N–H and O–H groups in total. The minimum atomic E-state index is -0.914. The smallest absolute Gasteiger partial charge is 0.320 e. The van der Waals surface area contributed by atoms with Crippen LogP contribution in [-0.2, 0) is 9.59 Å². The summed E-state index contributed by atoms with van der Waals surface area (Å²) in [7, 11) is 0. The molecule has 0 saturated carbocycles. The van der Waals surface area contributed by atoms with Crippen LogP contribution < -0.4 is 10.6 Å². The Morgan fingerprint density at radius 1 is 1.00 bits per heavy atom. The van der Waals surface area contributed by atoms with Crippen LogP contribution in [0.25, 0.3) is 0 Å². The van der Waals surface area contributed by atoms with Crippen molar-refractivity contribution in [1.82, 2.24) is 4.90 Å². The van der Waals surface area contributed by atoms with Crippen molar-refractivity contribution in [2.75, 3.05) is 23.7 Å². The number of carboxylic acids is 1. The molecule has 2 aromatic carbocycles. The van der Waals surface area contributed by atoms with Gasteiger partial charge in [0.05, 0.1) is 17.8 Å². The largest absolute Gasteiger partial charge is 0.480 e. The lowest BCUT2D eigenvalue weighted by molar-refractivity contribution is -0.142. The molecule has 1 aliphatic heterocycles. The Bertz CT molecular complexity index is 838. The number of likely N-dealkylation sites (tertiary alicyclic amines) is 1. The minimum absolute atomic E-state index is 0.0222. The molecule has 0 bridgehead atoms. The van der Waals surface area contributed by atoms with Crippen molar-refractivity contribution in [1.29, 1.82) is 0 Å². The molecule has 2 amide bonds. The molecule has 7 nitrogen and oxygen atoms in total. The Kier molecular flexibility index (Phi) is 5.83. The van der Waals surface area contributed by atoms with Crippen LogP contribution in [0.15, 0.2) is 54.6 Å². The van der Waals surface area contributed by atoms with E-state index in [1.54, 1.807) is 41.3 Å². The van der Waals surface area contributed by atoms with E-state index in [0.717, 1.165) is 6.42 Å². The van der Waals surface area contributed by atoms with E-state index in [9.17, 15) is 19.5 Å². The highest BCUT2D eigenvalue weighted by molar-refractivity contribution is 6.10. The van der Waals surface area contributed by atoms with E-state index < -0.39 is 12.0 Å². The number of nitrogens with zero attached hydrogens (tertiary/aromatic N) is 1. The van der Waals surface area contributed by atoms with E-state index in [4.69, 9.17) is 0 Å². The maximum absolute atomic E-state index is 12.6. The van der Waals surface area contributed by atoms with Crippen LogP contribution in [0.2, 0.25) is 0 Å². The highest BCUT2D eigenvalue weighted by atomic mass is 16.4. The fourth-order valence-electron chi connectivity index (χ4n) is 3.18. The van der Waals surface area contributed by atoms with Gasteiger partial charge < -0.3 is 15.7 Å². The molecular formula is C20H21N3O4. The van der Waals surface area contributed by atoms with Crippen LogP contribution in [0.4, 0.5) is 11.4 Å². The first-order valence-electron chi connectivity index (χ1n) is 8.77. The Labute approximate surface area is 157 Å². The van der Waals surface area contributed by atoms with Gasteiger partial charge in [-0.3, -0.25) is 19.3 Å². The van der Waals surface area contributed by atoms with Gasteiger partial charge in [-0.25, -0.2) is 0 Å². The van der Waals surface area contributed by atoms with Crippen molar-refractivity contribution >= 4 is 29.2 Å². The van der Waals surface area contributed by atoms with Crippen LogP contribution >= 0.6 is 0 Å². The van der Waals surface area contributed by atoms with Crippen LogP contribution in [0.1, 0.15) is 23.2 Å². The number of hydrogen-bond donors (Lipinski definition) is 3. The van der Waals surface area contributed by atoms with Gasteiger partial charge >= 0.3 is 5.97 Å². The van der Waals surface area contributed by atoms with E-state index in [-0.39, 0.29) is 18.4 Å². The van der Waals surface area contributed by atoms with Gasteiger partial charge in [-0.1, -0.05) is 30.3 Å². The lowest BCUT2D eigenvalue weighted by Crippen LogP contribution is -2.41. The van der Waals surface area contributed by atoms with E-state index in [0.29, 0.717) is 29.9 Å². The molecule has 140 valence electrons. The summed E-state index contributed by atoms with van der Waals surface area (Å²) in [5.74, 6) is -1.59. The molecule has 0 aliphatic carbocycles. The quantitative estimate of drug-likeness (QED) is 0.728. The molecule has 0 unspecified atom stereocenters. The maximum Gasteiger partial charge on any atom is 0.320 e. The zero-order chi connectivity index (χ0) is 19.2. The number of nitrogens with one attached hydrogen (secondary N) is 2. The van der Waals surface area contributed by atoms with Crippen molar-refractivity contribution in [2.45, 2.75) is 18.9 Å². The van der Waals surface area contributed by atoms with E-state index in [2.05, 4.69) is 10.6 Å². The average molecular weight is 367 g/mol. The SMILES string of the molecule is O=C(CN1CCC[C@@H]1C(=O)O)Nc1ccccc1C(=O)Nc1ccccc1. The van der Waals surface area contributed by atoms with E-state index in [1.807, 2.05) is 18.2 Å². The highest BCUT2D eigenvalue weighted by Gasteiger charge is 2.31. The number of carbonyl (C=O) groups is 3. The van der Waals surface area contributed by atoms with Gasteiger partial charge in [0.2, 0.25) is 5.91 Å². The number of amides is 2. The summed E-state index contributed by atoms with van der Waals surface area (Å²) in [6.07, 6.45) is 1.29. The third-order valence-corrected chi connectivity index (χ3v) is 4.47. The van der Waals surface area contributed by atoms with Crippen molar-refractivity contribution in [2.24, 2.45) is 0 Å². The number of rotatable bonds is 6. The first-order valence-corrected chi connectivity index (χ1v) is 8.77. The van der Waals surface area contributed by atoms with Gasteiger partial charge in [-0.2, -0.15) is 0 Å². The summed E-state index contributed by atoms with van der Waals surface area (Å²) >= 11 is 0. The Hall–Kier alpha value is -3.19. The van der Waals surface area contributed by atoms with Crippen molar-refractivity contribution in [3.63, 3.8) is 0 Å². The van der Waals surface area contributed by atoms with Gasteiger partial charge in [0, 0.05) is 5.69 Å². The summed E-state index contributed by atoms with van der Waals surface area (Å²) in [4.78, 5) is 37.8. The number of anilines is 2. The van der Waals surface area contributed by atoms with Gasteiger partial charge in [0.25, 0.3) is 5.91 Å². The number of para-hydroxylation sites is 2. The third kappa shape index (κ3) is 4.71. The topological polar surface area (TPSA) is 98.7 Å². The molecule has 7 heteroatoms. The van der Waals surface area contributed by atoms with Gasteiger partial charge in [0.1, 0.15) is 6.04 Å². The first-order chi connectivity index (χ1) is 13.0. The monoisotopic (exact) mass is 367 g/mol. The molecule has 3 rings (SSSR count). The molecule has 1 aliphatic rings. The number of benzene rings is 2. The molecule has 27 heavy (non-hydrogen) atoms. The van der Waals surface area contributed by atoms with Crippen LogP contribution in [0.3, 0.4) is 0 Å². The van der Waals surface area contributed by atoms with Gasteiger partial charge in [-0.15, -0.1) is 0 Å². The second kappa shape index (κ2) is 8.46. The zero-order valence-electron chi connectivity index (χ0n) is 14.7. The maximum atomic E-state index is 12.6. The number of carbonyl (C=O) groups excluding carboxylic acids is 2. The summed E-state index contributed by atoms with van der Waals surface area (Å²) in [5, 5.41) is 14.7. The second-order valence-electron chi connectivity index (χ2n) is 6.38. The standard InChI is InChI=1S/C20H21N3O4/c24-18(13-23-12-6-11-17(23)20(26)27)22-16-10-5-4-9-15(16)19(25)21-14-7-2-1-3-8-14/h1-5,7-10,17H,6,11-13H2,(H,21,25)(H,22,24)(H,26,27)/t17-/m1/s1. The molecule has 1 fully saturated rings. The van der Waals surface area contributed by atoms with Crippen molar-refractivity contribution < 1.29 is 19.5 Å². The van der Waals surface area contributed by atoms with Crippen LogP contribution in [-0.4, -0.2) is 46.9 Å². The molecule has 0 radical (unpaired) electrons. The Morgan fingerprint density at radius 3 is 2.44 bits per heavy atom. The molecule has 1 atom stereocenters. The van der Waals surface area contributed by atoms with E-state index in [1.165, 1.54) is 0 Å². The first kappa shape index (κ1) is 18.6. The second-order valence-corrected chi connectivity index (χ2v) is 6.38. The molecular weight excluding hydrogens is 346 g/mol. The van der Waals surface area contributed by atoms with Crippen molar-refractivity contribution in [3.8, 4) is 0 Å². The fraction of sp³-hybridized carbons (Fsp3) is 0.250. The number of carboxylic acid groups (broad SMARTS) is 1. The van der Waals surface area contributed by atoms with E-state index >= 15 is 0 Å². The number of hydrogen-bond acceptors (Lipinski definition) is 4. The summed E-state index contributed by atoms with van der Waals surface area (Å²) in [6, 6.07) is 15.1. The third-order valence-electron chi connectivity index (χ3n) is 4.47. The predicted octanol–water partition coefficient (Wildman–Crippen LogP) is 2.43. The van der Waals surface area contributed by atoms with Crippen molar-refractivity contribution in [3.05, 3.63) is 60.2 Å². The lowest BCUT2D eigenvalue weighted by atomic mass is 10.1. The summed E-state index contributed by atoms with van der Waals surface area (Å²) in [5.41, 5.74) is 1.39. The molecule has 1 heterocycles. The van der Waals surface area contributed by atoms with Gasteiger partial charge in [0.15, 0.2) is 0 Å². The molecule has 0 spiro atoms. The van der Waals surface area contributed by atoms with Crippen LogP contribution in [0, 0.1) is 0 Å². The zero-order valence-corrected chi connectivity index (χ0v) is 14.7. The summed E-state index contributed by atoms with van der Waals surface area (Å²) < 4.78 is 0. The lowest BCUT2D eigenvalue weighted by Gasteiger charge is -2.20. The normalized spacial score (nSPS) is 16.7. The Morgan fingerprint density at radius 2 is 1.70 bits per heavy atom. The molecule has 2 aromatic rings.